The summed E-state index contributed by atoms with van der Waals surface area (Å²) in [5.41, 5.74) is 1.07. The van der Waals surface area contributed by atoms with Crippen LogP contribution in [0.5, 0.6) is 0 Å². The van der Waals surface area contributed by atoms with Gasteiger partial charge in [0.1, 0.15) is 11.3 Å². The molecule has 82 valence electrons. The van der Waals surface area contributed by atoms with Gasteiger partial charge in [-0.2, -0.15) is 0 Å². The zero-order valence-electron chi connectivity index (χ0n) is 8.40. The van der Waals surface area contributed by atoms with Crippen LogP contribution in [0.25, 0.3) is 0 Å². The normalized spacial score (nSPS) is 10.1. The van der Waals surface area contributed by atoms with Gasteiger partial charge < -0.3 is 9.84 Å². The monoisotopic (exact) mass is 281 g/mol. The Morgan fingerprint density at radius 1 is 1.50 bits per heavy atom. The fourth-order valence-electron chi connectivity index (χ4n) is 1.18. The van der Waals surface area contributed by atoms with Crippen molar-refractivity contribution >= 4 is 27.5 Å². The number of aromatic nitrogens is 2. The van der Waals surface area contributed by atoms with Crippen molar-refractivity contribution in [2.45, 2.75) is 6.92 Å². The van der Waals surface area contributed by atoms with Gasteiger partial charge >= 0.3 is 0 Å². The van der Waals surface area contributed by atoms with Crippen LogP contribution in [-0.4, -0.2) is 16.0 Å². The number of nitrogens with one attached hydrogen (secondary N) is 1. The van der Waals surface area contributed by atoms with E-state index in [0.29, 0.717) is 17.0 Å². The number of pyridine rings is 1. The molecule has 0 fully saturated rings. The number of amides is 1. The van der Waals surface area contributed by atoms with Crippen LogP contribution in [0.4, 0.5) is 5.69 Å². The third-order valence-electron chi connectivity index (χ3n) is 2.02. The highest BCUT2D eigenvalue weighted by atomic mass is 79.9. The SMILES string of the molecule is Cc1oncc1C(=O)Nc1ccncc1Br. The quantitative estimate of drug-likeness (QED) is 0.918. The Labute approximate surface area is 100.0 Å². The Bertz CT molecular complexity index is 524. The Morgan fingerprint density at radius 3 is 2.94 bits per heavy atom. The van der Waals surface area contributed by atoms with Gasteiger partial charge in [-0.15, -0.1) is 0 Å². The van der Waals surface area contributed by atoms with E-state index in [1.54, 1.807) is 25.4 Å². The third kappa shape index (κ3) is 2.11. The predicted molar refractivity (Wildman–Crippen MR) is 61.1 cm³/mol. The molecule has 2 aromatic heterocycles. The molecule has 0 atom stereocenters. The topological polar surface area (TPSA) is 68.0 Å². The smallest absolute Gasteiger partial charge is 0.260 e. The number of rotatable bonds is 2. The van der Waals surface area contributed by atoms with Gasteiger partial charge in [0.2, 0.25) is 0 Å². The van der Waals surface area contributed by atoms with Crippen molar-refractivity contribution in [2.75, 3.05) is 5.32 Å². The zero-order valence-corrected chi connectivity index (χ0v) is 9.98. The van der Waals surface area contributed by atoms with E-state index in [2.05, 4.69) is 31.4 Å². The third-order valence-corrected chi connectivity index (χ3v) is 2.65. The number of nitrogens with zero attached hydrogens (tertiary/aromatic N) is 2. The van der Waals surface area contributed by atoms with Crippen LogP contribution in [0.1, 0.15) is 16.1 Å². The maximum absolute atomic E-state index is 11.8. The van der Waals surface area contributed by atoms with Crippen LogP contribution in [0.15, 0.2) is 33.7 Å². The molecule has 0 aliphatic rings. The maximum Gasteiger partial charge on any atom is 0.260 e. The number of carbonyl (C=O) groups is 1. The number of halogens is 1. The van der Waals surface area contributed by atoms with E-state index in [4.69, 9.17) is 4.52 Å². The van der Waals surface area contributed by atoms with Crippen LogP contribution >= 0.6 is 15.9 Å². The molecule has 0 unspecified atom stereocenters. The summed E-state index contributed by atoms with van der Waals surface area (Å²) in [7, 11) is 0. The number of hydrogen-bond acceptors (Lipinski definition) is 4. The molecule has 2 rings (SSSR count). The molecule has 1 N–H and O–H groups in total. The van der Waals surface area contributed by atoms with E-state index < -0.39 is 0 Å². The Hall–Kier alpha value is -1.69. The molecule has 0 aromatic carbocycles. The fourth-order valence-corrected chi connectivity index (χ4v) is 1.53. The highest BCUT2D eigenvalue weighted by molar-refractivity contribution is 9.10. The summed E-state index contributed by atoms with van der Waals surface area (Å²) in [6.07, 6.45) is 4.59. The average molecular weight is 282 g/mol. The van der Waals surface area contributed by atoms with Crippen molar-refractivity contribution in [2.24, 2.45) is 0 Å². The molecule has 6 heteroatoms. The molecular formula is C10H8BrN3O2. The standard InChI is InChI=1S/C10H8BrN3O2/c1-6-7(4-13-16-6)10(15)14-9-2-3-12-5-8(9)11/h2-5H,1H3,(H,12,14,15). The number of carbonyl (C=O) groups excluding carboxylic acids is 1. The van der Waals surface area contributed by atoms with Crippen LogP contribution in [0.3, 0.4) is 0 Å². The first-order valence-electron chi connectivity index (χ1n) is 4.50. The molecule has 5 nitrogen and oxygen atoms in total. The van der Waals surface area contributed by atoms with Gasteiger partial charge in [0, 0.05) is 12.4 Å². The van der Waals surface area contributed by atoms with Crippen molar-refractivity contribution in [1.29, 1.82) is 0 Å². The molecule has 1 amide bonds. The molecule has 0 saturated carbocycles. The second-order valence-electron chi connectivity index (χ2n) is 3.11. The second-order valence-corrected chi connectivity index (χ2v) is 3.96. The largest absolute Gasteiger partial charge is 0.361 e. The lowest BCUT2D eigenvalue weighted by atomic mass is 10.2. The lowest BCUT2D eigenvalue weighted by Gasteiger charge is -2.04. The molecule has 2 aromatic rings. The molecule has 0 radical (unpaired) electrons. The van der Waals surface area contributed by atoms with Gasteiger partial charge in [-0.05, 0) is 28.9 Å². The summed E-state index contributed by atoms with van der Waals surface area (Å²) in [5.74, 6) is 0.230. The molecule has 16 heavy (non-hydrogen) atoms. The lowest BCUT2D eigenvalue weighted by molar-refractivity contribution is 0.102. The van der Waals surface area contributed by atoms with Crippen molar-refractivity contribution < 1.29 is 9.32 Å². The lowest BCUT2D eigenvalue weighted by Crippen LogP contribution is -2.12. The van der Waals surface area contributed by atoms with E-state index in [9.17, 15) is 4.79 Å². The van der Waals surface area contributed by atoms with E-state index in [0.717, 1.165) is 4.47 Å². The minimum absolute atomic E-state index is 0.259. The molecular weight excluding hydrogens is 274 g/mol. The van der Waals surface area contributed by atoms with E-state index in [-0.39, 0.29) is 5.91 Å². The molecule has 2 heterocycles. The first-order valence-corrected chi connectivity index (χ1v) is 5.30. The van der Waals surface area contributed by atoms with Crippen LogP contribution in [0, 0.1) is 6.92 Å². The minimum atomic E-state index is -0.259. The highest BCUT2D eigenvalue weighted by Crippen LogP contribution is 2.21. The summed E-state index contributed by atoms with van der Waals surface area (Å²) in [6.45, 7) is 1.68. The highest BCUT2D eigenvalue weighted by Gasteiger charge is 2.13. The minimum Gasteiger partial charge on any atom is -0.361 e. The maximum atomic E-state index is 11.8. The summed E-state index contributed by atoms with van der Waals surface area (Å²) < 4.78 is 5.54. The van der Waals surface area contributed by atoms with Crippen LogP contribution < -0.4 is 5.32 Å². The molecule has 0 saturated heterocycles. The first-order chi connectivity index (χ1) is 7.68. The van der Waals surface area contributed by atoms with E-state index >= 15 is 0 Å². The summed E-state index contributed by atoms with van der Waals surface area (Å²) >= 11 is 3.29. The molecule has 0 spiro atoms. The van der Waals surface area contributed by atoms with Crippen LogP contribution in [-0.2, 0) is 0 Å². The van der Waals surface area contributed by atoms with E-state index in [1.807, 2.05) is 0 Å². The van der Waals surface area contributed by atoms with Gasteiger partial charge in [0.25, 0.3) is 5.91 Å². The van der Waals surface area contributed by atoms with Gasteiger partial charge in [-0.3, -0.25) is 9.78 Å². The van der Waals surface area contributed by atoms with Crippen LogP contribution in [0.2, 0.25) is 0 Å². The van der Waals surface area contributed by atoms with E-state index in [1.165, 1.54) is 6.20 Å². The second kappa shape index (κ2) is 4.44. The van der Waals surface area contributed by atoms with Crippen molar-refractivity contribution in [3.8, 4) is 0 Å². The molecule has 0 aliphatic heterocycles. The average Bonchev–Trinajstić information content (AvgIpc) is 2.68. The zero-order chi connectivity index (χ0) is 11.5. The Morgan fingerprint density at radius 2 is 2.31 bits per heavy atom. The Kier molecular flexibility index (Phi) is 3.00. The number of aryl methyl sites for hydroxylation is 1. The summed E-state index contributed by atoms with van der Waals surface area (Å²) in [5, 5.41) is 6.27. The number of anilines is 1. The first kappa shape index (κ1) is 10.8. The van der Waals surface area contributed by atoms with Gasteiger partial charge in [-0.1, -0.05) is 5.16 Å². The van der Waals surface area contributed by atoms with Gasteiger partial charge in [-0.25, -0.2) is 0 Å². The summed E-state index contributed by atoms with van der Waals surface area (Å²) in [6, 6.07) is 1.70. The fraction of sp³-hybridized carbons (Fsp3) is 0.100. The number of hydrogen-bond donors (Lipinski definition) is 1. The predicted octanol–water partition coefficient (Wildman–Crippen LogP) is 2.39. The van der Waals surface area contributed by atoms with Crippen molar-refractivity contribution in [3.63, 3.8) is 0 Å². The van der Waals surface area contributed by atoms with Crippen molar-refractivity contribution in [3.05, 3.63) is 40.5 Å². The van der Waals surface area contributed by atoms with Gasteiger partial charge in [0.15, 0.2) is 0 Å². The molecule has 0 aliphatic carbocycles. The Balaban J connectivity index is 2.21. The molecule has 0 bridgehead atoms. The van der Waals surface area contributed by atoms with Crippen molar-refractivity contribution in [1.82, 2.24) is 10.1 Å². The summed E-state index contributed by atoms with van der Waals surface area (Å²) in [4.78, 5) is 15.7. The van der Waals surface area contributed by atoms with Gasteiger partial charge in [0.05, 0.1) is 16.4 Å².